The first-order valence-corrected chi connectivity index (χ1v) is 5.15. The molecule has 1 amide bonds. The number of amides is 1. The Balaban J connectivity index is 3.57. The standard InChI is InChI=1S/C10H17NO5/c1-3-4-5-8(12)6-7-9(13)16-11-10(14)15-2/h3-7H2,1-2H3,(H,11,14). The molecule has 0 aromatic carbocycles. The zero-order valence-electron chi connectivity index (χ0n) is 9.58. The fourth-order valence-corrected chi connectivity index (χ4v) is 0.932. The lowest BCUT2D eigenvalue weighted by Crippen LogP contribution is -2.26. The number of nitrogens with one attached hydrogen (secondary N) is 1. The van der Waals surface area contributed by atoms with Gasteiger partial charge in [-0.3, -0.25) is 4.79 Å². The van der Waals surface area contributed by atoms with Crippen LogP contribution in [0.2, 0.25) is 0 Å². The first-order valence-electron chi connectivity index (χ1n) is 5.15. The van der Waals surface area contributed by atoms with Crippen molar-refractivity contribution in [2.75, 3.05) is 7.11 Å². The molecule has 1 N–H and O–H groups in total. The maximum Gasteiger partial charge on any atom is 0.440 e. The SMILES string of the molecule is CCCCC(=O)CCC(=O)ONC(=O)OC. The van der Waals surface area contributed by atoms with Crippen LogP contribution >= 0.6 is 0 Å². The van der Waals surface area contributed by atoms with Gasteiger partial charge in [-0.1, -0.05) is 13.3 Å². The van der Waals surface area contributed by atoms with Gasteiger partial charge in [0.1, 0.15) is 5.78 Å². The highest BCUT2D eigenvalue weighted by Gasteiger charge is 2.09. The summed E-state index contributed by atoms with van der Waals surface area (Å²) in [5.41, 5.74) is 1.78. The van der Waals surface area contributed by atoms with Crippen molar-refractivity contribution < 1.29 is 24.0 Å². The monoisotopic (exact) mass is 231 g/mol. The molecule has 0 radical (unpaired) electrons. The van der Waals surface area contributed by atoms with E-state index in [9.17, 15) is 14.4 Å². The molecule has 0 rings (SSSR count). The van der Waals surface area contributed by atoms with E-state index in [1.54, 1.807) is 5.48 Å². The number of methoxy groups -OCH3 is 1. The molecule has 0 aromatic heterocycles. The predicted molar refractivity (Wildman–Crippen MR) is 55.4 cm³/mol. The van der Waals surface area contributed by atoms with Crippen LogP contribution in [0.15, 0.2) is 0 Å². The number of rotatable bonds is 6. The Morgan fingerprint density at radius 3 is 2.38 bits per heavy atom. The quantitative estimate of drug-likeness (QED) is 0.697. The van der Waals surface area contributed by atoms with Gasteiger partial charge in [0.05, 0.1) is 13.5 Å². The molecule has 6 heteroatoms. The Kier molecular flexibility index (Phi) is 7.83. The Bertz CT molecular complexity index is 252. The summed E-state index contributed by atoms with van der Waals surface area (Å²) in [6.07, 6.45) is 1.50. The van der Waals surface area contributed by atoms with Crippen LogP contribution in [0.4, 0.5) is 4.79 Å². The summed E-state index contributed by atoms with van der Waals surface area (Å²) in [6, 6.07) is 0. The second-order valence-electron chi connectivity index (χ2n) is 3.21. The second-order valence-corrected chi connectivity index (χ2v) is 3.21. The van der Waals surface area contributed by atoms with Gasteiger partial charge in [-0.15, -0.1) is 5.48 Å². The lowest BCUT2D eigenvalue weighted by molar-refractivity contribution is -0.150. The van der Waals surface area contributed by atoms with E-state index in [0.29, 0.717) is 6.42 Å². The number of hydrogen-bond acceptors (Lipinski definition) is 5. The summed E-state index contributed by atoms with van der Waals surface area (Å²) >= 11 is 0. The molecule has 0 aliphatic carbocycles. The molecular formula is C10H17NO5. The average Bonchev–Trinajstić information content (AvgIpc) is 2.30. The molecule has 0 saturated carbocycles. The van der Waals surface area contributed by atoms with Gasteiger partial charge < -0.3 is 9.57 Å². The molecule has 0 fully saturated rings. The molecule has 0 unspecified atom stereocenters. The highest BCUT2D eigenvalue weighted by Crippen LogP contribution is 2.01. The van der Waals surface area contributed by atoms with Crippen LogP contribution in [0.25, 0.3) is 0 Å². The summed E-state index contributed by atoms with van der Waals surface area (Å²) in [4.78, 5) is 37.0. The maximum atomic E-state index is 11.2. The van der Waals surface area contributed by atoms with Crippen molar-refractivity contribution in [1.29, 1.82) is 0 Å². The van der Waals surface area contributed by atoms with E-state index in [0.717, 1.165) is 20.0 Å². The molecule has 6 nitrogen and oxygen atoms in total. The smallest absolute Gasteiger partial charge is 0.440 e. The summed E-state index contributed by atoms with van der Waals surface area (Å²) in [6.45, 7) is 1.99. The number of hydrogen-bond donors (Lipinski definition) is 1. The van der Waals surface area contributed by atoms with Crippen molar-refractivity contribution >= 4 is 17.8 Å². The van der Waals surface area contributed by atoms with Crippen molar-refractivity contribution in [2.24, 2.45) is 0 Å². The van der Waals surface area contributed by atoms with E-state index in [-0.39, 0.29) is 18.6 Å². The van der Waals surface area contributed by atoms with Crippen molar-refractivity contribution in [1.82, 2.24) is 5.48 Å². The first-order chi connectivity index (χ1) is 7.60. The fraction of sp³-hybridized carbons (Fsp3) is 0.700. The van der Waals surface area contributed by atoms with E-state index in [2.05, 4.69) is 9.57 Å². The lowest BCUT2D eigenvalue weighted by atomic mass is 10.1. The molecule has 92 valence electrons. The highest BCUT2D eigenvalue weighted by atomic mass is 16.7. The molecule has 0 aliphatic rings. The molecule has 16 heavy (non-hydrogen) atoms. The Morgan fingerprint density at radius 1 is 1.12 bits per heavy atom. The predicted octanol–water partition coefficient (Wildman–Crippen LogP) is 1.34. The van der Waals surface area contributed by atoms with Crippen LogP contribution in [0.3, 0.4) is 0 Å². The number of Topliss-reactive ketones (excluding diaryl/α,β-unsaturated/α-hetero) is 1. The number of carbonyl (C=O) groups is 3. The van der Waals surface area contributed by atoms with Crippen molar-refractivity contribution in [2.45, 2.75) is 39.0 Å². The summed E-state index contributed by atoms with van der Waals surface area (Å²) in [7, 11) is 1.15. The van der Waals surface area contributed by atoms with Gasteiger partial charge in [0.15, 0.2) is 0 Å². The molecule has 0 bridgehead atoms. The van der Waals surface area contributed by atoms with Crippen LogP contribution in [-0.2, 0) is 19.2 Å². The summed E-state index contributed by atoms with van der Waals surface area (Å²) in [5, 5.41) is 0. The first kappa shape index (κ1) is 14.4. The van der Waals surface area contributed by atoms with Gasteiger partial charge >= 0.3 is 12.1 Å². The zero-order chi connectivity index (χ0) is 12.4. The van der Waals surface area contributed by atoms with Gasteiger partial charge in [0, 0.05) is 12.8 Å². The van der Waals surface area contributed by atoms with Crippen LogP contribution in [-0.4, -0.2) is 25.0 Å². The van der Waals surface area contributed by atoms with Gasteiger partial charge in [-0.05, 0) is 6.42 Å². The largest absolute Gasteiger partial charge is 0.451 e. The Morgan fingerprint density at radius 2 is 1.81 bits per heavy atom. The van der Waals surface area contributed by atoms with E-state index in [1.165, 1.54) is 0 Å². The van der Waals surface area contributed by atoms with Crippen LogP contribution < -0.4 is 5.48 Å². The van der Waals surface area contributed by atoms with E-state index < -0.39 is 12.1 Å². The summed E-state index contributed by atoms with van der Waals surface area (Å²) < 4.78 is 4.19. The number of carbonyl (C=O) groups excluding carboxylic acids is 3. The van der Waals surface area contributed by atoms with Crippen molar-refractivity contribution in [3.63, 3.8) is 0 Å². The van der Waals surface area contributed by atoms with Crippen molar-refractivity contribution in [3.05, 3.63) is 0 Å². The minimum atomic E-state index is -0.856. The molecule has 0 atom stereocenters. The highest BCUT2D eigenvalue weighted by molar-refractivity contribution is 5.83. The molecule has 0 heterocycles. The summed E-state index contributed by atoms with van der Waals surface area (Å²) in [5.74, 6) is -0.632. The third-order valence-electron chi connectivity index (χ3n) is 1.85. The van der Waals surface area contributed by atoms with Gasteiger partial charge in [-0.25, -0.2) is 9.59 Å². The second kappa shape index (κ2) is 8.70. The molecule has 0 aliphatic heterocycles. The normalized spacial score (nSPS) is 9.38. The molecule has 0 saturated heterocycles. The van der Waals surface area contributed by atoms with Gasteiger partial charge in [0.25, 0.3) is 0 Å². The van der Waals surface area contributed by atoms with Crippen LogP contribution in [0, 0.1) is 0 Å². The minimum absolute atomic E-state index is 0.0249. The molecule has 0 aromatic rings. The molecule has 0 spiro atoms. The van der Waals surface area contributed by atoms with Gasteiger partial charge in [0.2, 0.25) is 0 Å². The molecular weight excluding hydrogens is 214 g/mol. The average molecular weight is 231 g/mol. The van der Waals surface area contributed by atoms with E-state index in [4.69, 9.17) is 0 Å². The Labute approximate surface area is 94.2 Å². The number of ether oxygens (including phenoxy) is 1. The lowest BCUT2D eigenvalue weighted by Gasteiger charge is -2.03. The van der Waals surface area contributed by atoms with Crippen molar-refractivity contribution in [3.8, 4) is 0 Å². The third-order valence-corrected chi connectivity index (χ3v) is 1.85. The number of hydroxylamine groups is 1. The van der Waals surface area contributed by atoms with E-state index in [1.807, 2.05) is 6.92 Å². The van der Waals surface area contributed by atoms with Gasteiger partial charge in [-0.2, -0.15) is 0 Å². The van der Waals surface area contributed by atoms with Crippen LogP contribution in [0.5, 0.6) is 0 Å². The number of ketones is 1. The van der Waals surface area contributed by atoms with Crippen LogP contribution in [0.1, 0.15) is 39.0 Å². The maximum absolute atomic E-state index is 11.2. The zero-order valence-corrected chi connectivity index (χ0v) is 9.58. The van der Waals surface area contributed by atoms with E-state index >= 15 is 0 Å². The Hall–Kier alpha value is -1.59. The third kappa shape index (κ3) is 7.78. The number of unbranched alkanes of at least 4 members (excludes halogenated alkanes) is 1. The minimum Gasteiger partial charge on any atom is -0.451 e. The topological polar surface area (TPSA) is 81.7 Å². The fourth-order valence-electron chi connectivity index (χ4n) is 0.932.